The van der Waals surface area contributed by atoms with Gasteiger partial charge < -0.3 is 0 Å². The molecule has 164 valence electrons. The van der Waals surface area contributed by atoms with Crippen molar-refractivity contribution in [1.29, 1.82) is 0 Å². The molecule has 30 heavy (non-hydrogen) atoms. The highest BCUT2D eigenvalue weighted by Gasteiger charge is 2.87. The van der Waals surface area contributed by atoms with Crippen LogP contribution in [-0.4, -0.2) is 27.5 Å². The molecule has 0 bridgehead atoms. The molecule has 3 rings (SSSR count). The highest BCUT2D eigenvalue weighted by molar-refractivity contribution is 8.02. The van der Waals surface area contributed by atoms with Crippen LogP contribution in [0.4, 0.5) is 0 Å². The largest absolute Gasteiger partial charge is 0.191 e. The normalized spacial score (nSPS) is 19.2. The van der Waals surface area contributed by atoms with Gasteiger partial charge in [-0.3, -0.25) is 0 Å². The minimum absolute atomic E-state index is 0.452. The molecule has 0 spiro atoms. The second kappa shape index (κ2) is 8.68. The summed E-state index contributed by atoms with van der Waals surface area (Å²) in [7, 11) is -2.97. The van der Waals surface area contributed by atoms with Crippen LogP contribution in [0.2, 0.25) is 0 Å². The van der Waals surface area contributed by atoms with E-state index in [1.165, 1.54) is 6.42 Å². The maximum atomic E-state index is 2.59. The first-order chi connectivity index (χ1) is 14.1. The van der Waals surface area contributed by atoms with E-state index < -0.39 is 14.5 Å². The molecule has 2 heteroatoms. The fourth-order valence-electron chi connectivity index (χ4n) is 7.67. The zero-order valence-corrected chi connectivity index (χ0v) is 22.6. The molecule has 2 aromatic carbocycles. The quantitative estimate of drug-likeness (QED) is 0.363. The van der Waals surface area contributed by atoms with E-state index in [9.17, 15) is 0 Å². The Morgan fingerprint density at radius 3 is 1.07 bits per heavy atom. The molecule has 0 amide bonds. The lowest BCUT2D eigenvalue weighted by atomic mass is 10.4. The van der Waals surface area contributed by atoms with Gasteiger partial charge in [0.1, 0.15) is 0 Å². The number of hydrogen-bond donors (Lipinski definition) is 0. The van der Waals surface area contributed by atoms with Crippen molar-refractivity contribution in [3.8, 4) is 0 Å². The van der Waals surface area contributed by atoms with Crippen LogP contribution in [0.25, 0.3) is 0 Å². The van der Waals surface area contributed by atoms with Crippen LogP contribution < -0.4 is 10.6 Å². The van der Waals surface area contributed by atoms with E-state index in [1.807, 2.05) is 0 Å². The fourth-order valence-corrected chi connectivity index (χ4v) is 26.5. The number of benzene rings is 2. The Morgan fingerprint density at radius 2 is 0.867 bits per heavy atom. The van der Waals surface area contributed by atoms with Gasteiger partial charge in [0.15, 0.2) is 4.90 Å². The summed E-state index contributed by atoms with van der Waals surface area (Å²) in [5.41, 5.74) is 2.80. The Balaban J connectivity index is 2.46. The second-order valence-electron chi connectivity index (χ2n) is 10.6. The summed E-state index contributed by atoms with van der Waals surface area (Å²) < 4.78 is 0. The van der Waals surface area contributed by atoms with Crippen molar-refractivity contribution in [2.45, 2.75) is 96.3 Å². The third-order valence-electron chi connectivity index (χ3n) is 8.14. The lowest BCUT2D eigenvalue weighted by Gasteiger charge is -2.50. The lowest BCUT2D eigenvalue weighted by Crippen LogP contribution is -2.45. The molecule has 0 heterocycles. The van der Waals surface area contributed by atoms with Gasteiger partial charge in [-0.15, -0.1) is 0 Å². The van der Waals surface area contributed by atoms with E-state index in [4.69, 9.17) is 0 Å². The fraction of sp³-hybridized carbons (Fsp3) is 0.571. The van der Waals surface area contributed by atoms with Crippen molar-refractivity contribution in [1.82, 2.24) is 0 Å². The van der Waals surface area contributed by atoms with Gasteiger partial charge >= 0.3 is 0 Å². The highest BCUT2D eigenvalue weighted by Crippen LogP contribution is 2.99. The summed E-state index contributed by atoms with van der Waals surface area (Å²) in [6, 6.07) is 23.5. The highest BCUT2D eigenvalue weighted by atomic mass is 31.2. The minimum Gasteiger partial charge on any atom is -0.0620 e. The Bertz CT molecular complexity index is 741. The summed E-state index contributed by atoms with van der Waals surface area (Å²) in [5, 5.41) is 3.36. The number of rotatable bonds is 8. The average molecular weight is 443 g/mol. The zero-order valence-electron chi connectivity index (χ0n) is 20.8. The maximum Gasteiger partial charge on any atom is 0.191 e. The van der Waals surface area contributed by atoms with Gasteiger partial charge in [-0.25, -0.2) is 0 Å². The third kappa shape index (κ3) is 3.08. The van der Waals surface area contributed by atoms with Crippen molar-refractivity contribution in [2.75, 3.05) is 0 Å². The Morgan fingerprint density at radius 1 is 0.600 bits per heavy atom. The lowest BCUT2D eigenvalue weighted by molar-refractivity contribution is 0.873. The van der Waals surface area contributed by atoms with Crippen LogP contribution in [0.15, 0.2) is 60.7 Å². The van der Waals surface area contributed by atoms with E-state index in [1.54, 1.807) is 10.6 Å². The first-order valence-corrected chi connectivity index (χ1v) is 15.8. The second-order valence-corrected chi connectivity index (χ2v) is 20.8. The van der Waals surface area contributed by atoms with Gasteiger partial charge in [0.05, 0.1) is 47.8 Å². The van der Waals surface area contributed by atoms with Crippen LogP contribution in [0.5, 0.6) is 0 Å². The molecule has 1 fully saturated rings. The molecular weight excluding hydrogens is 398 g/mol. The standard InChI is InChI=1S/C28H44P2/c1-21(2)29(22(3)4,26-16-12-10-13-17-26)28(20-25(28)9)30(23(5)6,24(7)8)27-18-14-11-15-19-27/h10-19,21-25H,20H2,1-9H3/q+2. The maximum absolute atomic E-state index is 2.59. The Hall–Kier alpha value is -0.700. The zero-order chi connectivity index (χ0) is 22.3. The van der Waals surface area contributed by atoms with Gasteiger partial charge in [-0.05, 0) is 79.7 Å². The van der Waals surface area contributed by atoms with Gasteiger partial charge in [-0.1, -0.05) is 43.3 Å². The molecule has 1 aliphatic rings. The minimum atomic E-state index is -1.49. The molecular formula is C28H44P2+2. The Kier molecular flexibility index (Phi) is 6.93. The molecule has 1 atom stereocenters. The number of hydrogen-bond acceptors (Lipinski definition) is 0. The van der Waals surface area contributed by atoms with Gasteiger partial charge in [0.2, 0.25) is 0 Å². The van der Waals surface area contributed by atoms with Gasteiger partial charge in [0.25, 0.3) is 0 Å². The molecule has 2 aromatic rings. The summed E-state index contributed by atoms with van der Waals surface area (Å²) in [5.74, 6) is 0.800. The van der Waals surface area contributed by atoms with Crippen molar-refractivity contribution >= 4 is 25.1 Å². The monoisotopic (exact) mass is 442 g/mol. The summed E-state index contributed by atoms with van der Waals surface area (Å²) in [6.45, 7) is 23.0. The van der Waals surface area contributed by atoms with Crippen molar-refractivity contribution in [2.24, 2.45) is 5.92 Å². The SMILES string of the molecule is CC1CC1([P+](c1ccccc1)(C(C)C)C(C)C)[P+](c1ccccc1)(C(C)C)C(C)C. The van der Waals surface area contributed by atoms with E-state index in [-0.39, 0.29) is 0 Å². The summed E-state index contributed by atoms with van der Waals surface area (Å²) in [6.07, 6.45) is 1.41. The molecule has 0 saturated heterocycles. The molecule has 0 N–H and O–H groups in total. The van der Waals surface area contributed by atoms with Crippen LogP contribution >= 0.6 is 14.5 Å². The predicted molar refractivity (Wildman–Crippen MR) is 143 cm³/mol. The molecule has 1 aliphatic carbocycles. The third-order valence-corrected chi connectivity index (χ3v) is 22.8. The van der Waals surface area contributed by atoms with E-state index >= 15 is 0 Å². The van der Waals surface area contributed by atoms with E-state index in [0.29, 0.717) is 27.5 Å². The van der Waals surface area contributed by atoms with Gasteiger partial charge in [-0.2, -0.15) is 0 Å². The van der Waals surface area contributed by atoms with Crippen molar-refractivity contribution in [3.63, 3.8) is 0 Å². The van der Waals surface area contributed by atoms with Crippen molar-refractivity contribution in [3.05, 3.63) is 60.7 Å². The first-order valence-electron chi connectivity index (χ1n) is 12.0. The van der Waals surface area contributed by atoms with E-state index in [0.717, 1.165) is 5.92 Å². The molecule has 0 aliphatic heterocycles. The summed E-state index contributed by atoms with van der Waals surface area (Å²) >= 11 is 0. The van der Waals surface area contributed by atoms with Gasteiger partial charge in [0, 0.05) is 12.3 Å². The molecule has 1 saturated carbocycles. The van der Waals surface area contributed by atoms with E-state index in [2.05, 4.69) is 123 Å². The van der Waals surface area contributed by atoms with Crippen LogP contribution in [-0.2, 0) is 0 Å². The van der Waals surface area contributed by atoms with Crippen LogP contribution in [0.1, 0.15) is 68.7 Å². The average Bonchev–Trinajstić information content (AvgIpc) is 3.35. The topological polar surface area (TPSA) is 0 Å². The summed E-state index contributed by atoms with van der Waals surface area (Å²) in [4.78, 5) is 0.452. The van der Waals surface area contributed by atoms with Crippen LogP contribution in [0.3, 0.4) is 0 Å². The predicted octanol–water partition coefficient (Wildman–Crippen LogP) is 8.04. The smallest absolute Gasteiger partial charge is 0.0620 e. The molecule has 0 radical (unpaired) electrons. The molecule has 0 aromatic heterocycles. The Labute approximate surface area is 187 Å². The molecule has 0 nitrogen and oxygen atoms in total. The molecule has 1 unspecified atom stereocenters. The van der Waals surface area contributed by atoms with Crippen molar-refractivity contribution < 1.29 is 0 Å². The van der Waals surface area contributed by atoms with Crippen LogP contribution in [0, 0.1) is 5.92 Å². The first kappa shape index (κ1) is 24.0.